The first-order chi connectivity index (χ1) is 11.1. The van der Waals surface area contributed by atoms with E-state index >= 15 is 0 Å². The molecule has 1 atom stereocenters. The van der Waals surface area contributed by atoms with Gasteiger partial charge in [-0.05, 0) is 43.2 Å². The minimum absolute atomic E-state index is 0.187. The fourth-order valence-corrected chi connectivity index (χ4v) is 2.81. The molecular formula is C16H22ClN3O3. The normalized spacial score (nSPS) is 16.3. The zero-order valence-corrected chi connectivity index (χ0v) is 14.0. The molecule has 0 aromatic heterocycles. The molecule has 1 heterocycles. The van der Waals surface area contributed by atoms with Crippen LogP contribution in [-0.4, -0.2) is 25.3 Å². The van der Waals surface area contributed by atoms with Crippen LogP contribution in [0.15, 0.2) is 30.5 Å². The van der Waals surface area contributed by atoms with Gasteiger partial charge in [-0.25, -0.2) is 0 Å². The minimum atomic E-state index is -0.738. The average Bonchev–Trinajstić information content (AvgIpc) is 2.52. The number of fused-ring (bicyclic) bond motifs is 1. The standard InChI is InChI=1S/C16H22ClN3O3/c1-19-10-8-15(14-7-6-13(17)12-16(14)19)18-9-4-2-3-5-11-23-20(21)22/h6-8,10,12,15,18H,2-5,9,11H2,1H3. The Kier molecular flexibility index (Phi) is 6.67. The Hall–Kier alpha value is -1.79. The summed E-state index contributed by atoms with van der Waals surface area (Å²) in [6, 6.07) is 6.14. The summed E-state index contributed by atoms with van der Waals surface area (Å²) < 4.78 is 0. The third kappa shape index (κ3) is 5.41. The molecule has 1 unspecified atom stereocenters. The molecule has 2 rings (SSSR count). The van der Waals surface area contributed by atoms with E-state index in [4.69, 9.17) is 11.6 Å². The van der Waals surface area contributed by atoms with E-state index in [9.17, 15) is 10.1 Å². The lowest BCUT2D eigenvalue weighted by atomic mass is 10.0. The van der Waals surface area contributed by atoms with E-state index in [1.807, 2.05) is 25.4 Å². The van der Waals surface area contributed by atoms with Crippen molar-refractivity contribution in [3.05, 3.63) is 51.2 Å². The fraction of sp³-hybridized carbons (Fsp3) is 0.500. The van der Waals surface area contributed by atoms with E-state index in [1.54, 1.807) is 0 Å². The first-order valence-electron chi connectivity index (χ1n) is 7.79. The molecule has 1 aromatic rings. The summed E-state index contributed by atoms with van der Waals surface area (Å²) in [6.07, 6.45) is 7.90. The van der Waals surface area contributed by atoms with Crippen LogP contribution < -0.4 is 10.2 Å². The number of anilines is 1. The number of hydrogen-bond donors (Lipinski definition) is 1. The van der Waals surface area contributed by atoms with Gasteiger partial charge in [0.1, 0.15) is 0 Å². The van der Waals surface area contributed by atoms with E-state index in [-0.39, 0.29) is 12.6 Å². The largest absolute Gasteiger partial charge is 0.351 e. The van der Waals surface area contributed by atoms with E-state index < -0.39 is 5.09 Å². The Labute approximate surface area is 141 Å². The second-order valence-corrected chi connectivity index (χ2v) is 5.99. The van der Waals surface area contributed by atoms with Crippen LogP contribution in [0.4, 0.5) is 5.69 Å². The number of rotatable bonds is 9. The van der Waals surface area contributed by atoms with Gasteiger partial charge in [-0.3, -0.25) is 0 Å². The zero-order chi connectivity index (χ0) is 16.7. The monoisotopic (exact) mass is 339 g/mol. The second-order valence-electron chi connectivity index (χ2n) is 5.56. The fourth-order valence-electron chi connectivity index (χ4n) is 2.64. The van der Waals surface area contributed by atoms with Crippen LogP contribution in [0.2, 0.25) is 5.02 Å². The number of nitrogens with one attached hydrogen (secondary N) is 1. The summed E-state index contributed by atoms with van der Waals surface area (Å²) in [5.74, 6) is 0. The van der Waals surface area contributed by atoms with Crippen LogP contribution in [0.25, 0.3) is 0 Å². The Morgan fingerprint density at radius 2 is 2.13 bits per heavy atom. The van der Waals surface area contributed by atoms with E-state index in [1.165, 1.54) is 5.56 Å². The molecule has 0 saturated carbocycles. The second kappa shape index (κ2) is 8.74. The Balaban J connectivity index is 1.71. The highest BCUT2D eigenvalue weighted by Crippen LogP contribution is 2.33. The van der Waals surface area contributed by atoms with Gasteiger partial charge in [0, 0.05) is 24.0 Å². The van der Waals surface area contributed by atoms with Gasteiger partial charge in [0.2, 0.25) is 0 Å². The lowest BCUT2D eigenvalue weighted by Gasteiger charge is -2.28. The van der Waals surface area contributed by atoms with Crippen molar-refractivity contribution in [3.8, 4) is 0 Å². The SMILES string of the molecule is CN1C=CC(NCCCCCCO[N+](=O)[O-])c2ccc(Cl)cc21. The van der Waals surface area contributed by atoms with Gasteiger partial charge in [0.15, 0.2) is 0 Å². The maximum Gasteiger partial charge on any atom is 0.294 e. The van der Waals surface area contributed by atoms with Gasteiger partial charge in [0.05, 0.1) is 12.6 Å². The molecule has 0 aliphatic carbocycles. The van der Waals surface area contributed by atoms with Gasteiger partial charge in [-0.2, -0.15) is 0 Å². The molecule has 0 radical (unpaired) electrons. The quantitative estimate of drug-likeness (QED) is 0.422. The third-order valence-electron chi connectivity index (χ3n) is 3.84. The van der Waals surface area contributed by atoms with Crippen molar-refractivity contribution >= 4 is 17.3 Å². The molecule has 0 spiro atoms. The Bertz CT molecular complexity index is 566. The van der Waals surface area contributed by atoms with Gasteiger partial charge in [-0.1, -0.05) is 30.5 Å². The number of hydrogen-bond acceptors (Lipinski definition) is 5. The summed E-state index contributed by atoms with van der Waals surface area (Å²) in [5.41, 5.74) is 2.34. The lowest BCUT2D eigenvalue weighted by Crippen LogP contribution is -2.26. The molecule has 0 amide bonds. The first kappa shape index (κ1) is 17.6. The van der Waals surface area contributed by atoms with Gasteiger partial charge >= 0.3 is 0 Å². The zero-order valence-electron chi connectivity index (χ0n) is 13.2. The van der Waals surface area contributed by atoms with Crippen LogP contribution in [0.3, 0.4) is 0 Å². The predicted octanol–water partition coefficient (Wildman–Crippen LogP) is 3.70. The van der Waals surface area contributed by atoms with Crippen molar-refractivity contribution in [2.24, 2.45) is 0 Å². The molecule has 1 aromatic carbocycles. The van der Waals surface area contributed by atoms with E-state index in [2.05, 4.69) is 27.2 Å². The van der Waals surface area contributed by atoms with Crippen LogP contribution in [-0.2, 0) is 4.84 Å². The number of benzene rings is 1. The van der Waals surface area contributed by atoms with Crippen molar-refractivity contribution in [3.63, 3.8) is 0 Å². The smallest absolute Gasteiger partial charge is 0.294 e. The van der Waals surface area contributed by atoms with Crippen molar-refractivity contribution in [1.29, 1.82) is 0 Å². The molecule has 0 saturated heterocycles. The minimum Gasteiger partial charge on any atom is -0.351 e. The third-order valence-corrected chi connectivity index (χ3v) is 4.08. The van der Waals surface area contributed by atoms with Crippen LogP contribution >= 0.6 is 11.6 Å². The molecular weight excluding hydrogens is 318 g/mol. The maximum atomic E-state index is 10.0. The molecule has 23 heavy (non-hydrogen) atoms. The molecule has 1 aliphatic heterocycles. The molecule has 1 aliphatic rings. The molecule has 1 N–H and O–H groups in total. The lowest BCUT2D eigenvalue weighted by molar-refractivity contribution is -0.757. The van der Waals surface area contributed by atoms with Gasteiger partial charge < -0.3 is 15.1 Å². The molecule has 0 fully saturated rings. The van der Waals surface area contributed by atoms with Crippen LogP contribution in [0, 0.1) is 10.1 Å². The summed E-state index contributed by atoms with van der Waals surface area (Å²) in [7, 11) is 2.01. The summed E-state index contributed by atoms with van der Waals surface area (Å²) in [6.45, 7) is 1.09. The predicted molar refractivity (Wildman–Crippen MR) is 91.2 cm³/mol. The molecule has 126 valence electrons. The van der Waals surface area contributed by atoms with Crippen molar-refractivity contribution in [2.75, 3.05) is 25.1 Å². The highest BCUT2D eigenvalue weighted by molar-refractivity contribution is 6.30. The number of unbranched alkanes of at least 4 members (excludes halogenated alkanes) is 3. The molecule has 0 bridgehead atoms. The highest BCUT2D eigenvalue weighted by Gasteiger charge is 2.18. The van der Waals surface area contributed by atoms with Gasteiger partial charge in [-0.15, -0.1) is 10.1 Å². The number of nitrogens with zero attached hydrogens (tertiary/aromatic N) is 2. The number of halogens is 1. The van der Waals surface area contributed by atoms with Crippen molar-refractivity contribution < 1.29 is 9.92 Å². The van der Waals surface area contributed by atoms with Crippen LogP contribution in [0.5, 0.6) is 0 Å². The van der Waals surface area contributed by atoms with Crippen LogP contribution in [0.1, 0.15) is 37.3 Å². The first-order valence-corrected chi connectivity index (χ1v) is 8.17. The maximum absolute atomic E-state index is 10.0. The average molecular weight is 340 g/mol. The summed E-state index contributed by atoms with van der Waals surface area (Å²) in [5, 5.41) is 13.5. The molecule has 7 heteroatoms. The summed E-state index contributed by atoms with van der Waals surface area (Å²) in [4.78, 5) is 16.4. The van der Waals surface area contributed by atoms with Crippen molar-refractivity contribution in [1.82, 2.24) is 5.32 Å². The van der Waals surface area contributed by atoms with E-state index in [0.717, 1.165) is 42.9 Å². The van der Waals surface area contributed by atoms with E-state index in [0.29, 0.717) is 0 Å². The highest BCUT2D eigenvalue weighted by atomic mass is 35.5. The van der Waals surface area contributed by atoms with Gasteiger partial charge in [0.25, 0.3) is 5.09 Å². The Morgan fingerprint density at radius 3 is 2.91 bits per heavy atom. The summed E-state index contributed by atoms with van der Waals surface area (Å²) >= 11 is 6.07. The van der Waals surface area contributed by atoms with Crippen molar-refractivity contribution in [2.45, 2.75) is 31.7 Å². The molecule has 6 nitrogen and oxygen atoms in total. The topological polar surface area (TPSA) is 67.6 Å². The Morgan fingerprint density at radius 1 is 1.35 bits per heavy atom.